The molecule has 0 saturated carbocycles. The van der Waals surface area contributed by atoms with Gasteiger partial charge in [0.1, 0.15) is 12.2 Å². The lowest BCUT2D eigenvalue weighted by atomic mass is 10.2. The lowest BCUT2D eigenvalue weighted by molar-refractivity contribution is -0.667. The summed E-state index contributed by atoms with van der Waals surface area (Å²) in [5.41, 5.74) is 9.21. The fourth-order valence-corrected chi connectivity index (χ4v) is 2.29. The Labute approximate surface area is 123 Å². The van der Waals surface area contributed by atoms with Crippen molar-refractivity contribution in [2.24, 2.45) is 10.2 Å². The molecule has 4 heteroatoms. The van der Waals surface area contributed by atoms with Crippen LogP contribution in [0.1, 0.15) is 6.92 Å². The maximum atomic E-state index is 5.67. The predicted molar refractivity (Wildman–Crippen MR) is 84.8 cm³/mol. The minimum absolute atomic E-state index is 0.725. The number of hydrogen-bond acceptors (Lipinski definition) is 3. The molecule has 0 bridgehead atoms. The Hall–Kier alpha value is -2.75. The van der Waals surface area contributed by atoms with E-state index >= 15 is 0 Å². The summed E-state index contributed by atoms with van der Waals surface area (Å²) >= 11 is 0. The first kappa shape index (κ1) is 13.2. The van der Waals surface area contributed by atoms with Gasteiger partial charge in [-0.25, -0.2) is 0 Å². The number of hydrogen-bond donors (Lipinski definition) is 1. The molecule has 21 heavy (non-hydrogen) atoms. The third-order valence-corrected chi connectivity index (χ3v) is 3.41. The predicted octanol–water partition coefficient (Wildman–Crippen LogP) is 4.14. The summed E-state index contributed by atoms with van der Waals surface area (Å²) < 4.78 is 2.19. The molecule has 3 rings (SSSR count). The van der Waals surface area contributed by atoms with Crippen LogP contribution in [-0.4, -0.2) is 0 Å². The van der Waals surface area contributed by atoms with Gasteiger partial charge < -0.3 is 5.73 Å². The number of benzene rings is 2. The van der Waals surface area contributed by atoms with E-state index in [-0.39, 0.29) is 0 Å². The summed E-state index contributed by atoms with van der Waals surface area (Å²) in [7, 11) is 0. The molecule has 0 amide bonds. The van der Waals surface area contributed by atoms with Crippen LogP contribution in [-0.2, 0) is 6.54 Å². The molecule has 2 N–H and O–H groups in total. The standard InChI is InChI=1S/C17H16N4/c1-2-21-12-11-16(15-5-3-4-6-17(15)21)20-19-14-9-7-13(18)8-10-14/h3-12,18H,2H2,1H3/p+1. The average molecular weight is 277 g/mol. The Bertz CT molecular complexity index is 791. The summed E-state index contributed by atoms with van der Waals surface area (Å²) in [6.07, 6.45) is 2.04. The number of anilines is 1. The number of pyridine rings is 1. The number of nitrogen functional groups attached to an aromatic ring is 1. The summed E-state index contributed by atoms with van der Waals surface area (Å²) in [4.78, 5) is 0. The molecule has 4 nitrogen and oxygen atoms in total. The van der Waals surface area contributed by atoms with Gasteiger partial charge in [-0.2, -0.15) is 9.68 Å². The van der Waals surface area contributed by atoms with Gasteiger partial charge in [-0.1, -0.05) is 12.1 Å². The number of aryl methyl sites for hydroxylation is 1. The van der Waals surface area contributed by atoms with E-state index < -0.39 is 0 Å². The van der Waals surface area contributed by atoms with Crippen LogP contribution in [0.25, 0.3) is 10.9 Å². The zero-order chi connectivity index (χ0) is 14.7. The van der Waals surface area contributed by atoms with Gasteiger partial charge in [0, 0.05) is 17.8 Å². The van der Waals surface area contributed by atoms with Crippen molar-refractivity contribution in [3.63, 3.8) is 0 Å². The lowest BCUT2D eigenvalue weighted by Crippen LogP contribution is -2.32. The van der Waals surface area contributed by atoms with Crippen LogP contribution in [0.5, 0.6) is 0 Å². The average Bonchev–Trinajstić information content (AvgIpc) is 2.54. The molecule has 1 heterocycles. The number of rotatable bonds is 3. The monoisotopic (exact) mass is 277 g/mol. The van der Waals surface area contributed by atoms with E-state index in [1.54, 1.807) is 0 Å². The van der Waals surface area contributed by atoms with Crippen molar-refractivity contribution >= 4 is 28.0 Å². The van der Waals surface area contributed by atoms with Crippen molar-refractivity contribution < 1.29 is 4.57 Å². The quantitative estimate of drug-likeness (QED) is 0.436. The lowest BCUT2D eigenvalue weighted by Gasteiger charge is -2.01. The molecule has 0 spiro atoms. The zero-order valence-corrected chi connectivity index (χ0v) is 11.9. The fourth-order valence-electron chi connectivity index (χ4n) is 2.29. The highest BCUT2D eigenvalue weighted by Crippen LogP contribution is 2.25. The van der Waals surface area contributed by atoms with Crippen LogP contribution in [0.2, 0.25) is 0 Å². The first-order valence-electron chi connectivity index (χ1n) is 6.96. The Morgan fingerprint density at radius 3 is 2.48 bits per heavy atom. The molecule has 0 unspecified atom stereocenters. The largest absolute Gasteiger partial charge is 0.399 e. The van der Waals surface area contributed by atoms with E-state index in [4.69, 9.17) is 5.73 Å². The van der Waals surface area contributed by atoms with Crippen molar-refractivity contribution in [1.29, 1.82) is 0 Å². The molecule has 3 aromatic rings. The van der Waals surface area contributed by atoms with Crippen LogP contribution in [0.15, 0.2) is 71.0 Å². The molecule has 0 aliphatic heterocycles. The summed E-state index contributed by atoms with van der Waals surface area (Å²) in [6, 6.07) is 17.6. The molecule has 0 aliphatic carbocycles. The van der Waals surface area contributed by atoms with Crippen molar-refractivity contribution in [1.82, 2.24) is 0 Å². The van der Waals surface area contributed by atoms with Gasteiger partial charge in [0.05, 0.1) is 11.1 Å². The van der Waals surface area contributed by atoms with Crippen LogP contribution in [0.3, 0.4) is 0 Å². The number of nitrogens with zero attached hydrogens (tertiary/aromatic N) is 3. The summed E-state index contributed by atoms with van der Waals surface area (Å²) in [5, 5.41) is 9.76. The Balaban J connectivity index is 2.03. The van der Waals surface area contributed by atoms with Gasteiger partial charge in [0.25, 0.3) is 0 Å². The van der Waals surface area contributed by atoms with E-state index in [0.29, 0.717) is 0 Å². The second kappa shape index (κ2) is 5.71. The number of aromatic nitrogens is 1. The number of fused-ring (bicyclic) bond motifs is 1. The third-order valence-electron chi connectivity index (χ3n) is 3.41. The molecule has 0 saturated heterocycles. The van der Waals surface area contributed by atoms with E-state index in [1.165, 1.54) is 0 Å². The first-order valence-corrected chi connectivity index (χ1v) is 6.96. The summed E-state index contributed by atoms with van der Waals surface area (Å²) in [5.74, 6) is 0. The highest BCUT2D eigenvalue weighted by atomic mass is 15.1. The van der Waals surface area contributed by atoms with Crippen LogP contribution in [0.4, 0.5) is 17.1 Å². The first-order chi connectivity index (χ1) is 10.3. The van der Waals surface area contributed by atoms with Crippen LogP contribution in [0, 0.1) is 0 Å². The zero-order valence-electron chi connectivity index (χ0n) is 11.9. The number of para-hydroxylation sites is 1. The van der Waals surface area contributed by atoms with Gasteiger partial charge in [0.15, 0.2) is 6.20 Å². The second-order valence-electron chi connectivity index (χ2n) is 4.80. The molecule has 0 fully saturated rings. The molecule has 104 valence electrons. The van der Waals surface area contributed by atoms with Gasteiger partial charge in [-0.15, -0.1) is 5.11 Å². The maximum absolute atomic E-state index is 5.67. The smallest absolute Gasteiger partial charge is 0.214 e. The number of nitrogens with two attached hydrogens (primary N) is 1. The highest BCUT2D eigenvalue weighted by Gasteiger charge is 2.09. The normalized spacial score (nSPS) is 11.3. The van der Waals surface area contributed by atoms with E-state index in [9.17, 15) is 0 Å². The SMILES string of the molecule is CC[n+]1ccc(/N=N/c2ccc(N)cc2)c2ccccc21. The Kier molecular flexibility index (Phi) is 3.60. The third kappa shape index (κ3) is 2.74. The van der Waals surface area contributed by atoms with Gasteiger partial charge in [-0.05, 0) is 37.3 Å². The van der Waals surface area contributed by atoms with Gasteiger partial charge >= 0.3 is 0 Å². The van der Waals surface area contributed by atoms with Crippen molar-refractivity contribution in [2.75, 3.05) is 5.73 Å². The van der Waals surface area contributed by atoms with Crippen molar-refractivity contribution in [2.45, 2.75) is 13.5 Å². The van der Waals surface area contributed by atoms with E-state index in [2.05, 4.69) is 33.9 Å². The minimum atomic E-state index is 0.725. The molecule has 0 radical (unpaired) electrons. The summed E-state index contributed by atoms with van der Waals surface area (Å²) in [6.45, 7) is 3.05. The van der Waals surface area contributed by atoms with Gasteiger partial charge in [0.2, 0.25) is 5.52 Å². The Morgan fingerprint density at radius 2 is 1.71 bits per heavy atom. The Morgan fingerprint density at radius 1 is 0.952 bits per heavy atom. The molecular weight excluding hydrogens is 260 g/mol. The molecule has 2 aromatic carbocycles. The van der Waals surface area contributed by atoms with Crippen molar-refractivity contribution in [3.8, 4) is 0 Å². The maximum Gasteiger partial charge on any atom is 0.214 e. The van der Waals surface area contributed by atoms with Gasteiger partial charge in [-0.3, -0.25) is 0 Å². The number of azo groups is 1. The van der Waals surface area contributed by atoms with E-state index in [0.717, 1.165) is 34.5 Å². The fraction of sp³-hybridized carbons (Fsp3) is 0.118. The molecule has 0 aliphatic rings. The topological polar surface area (TPSA) is 54.6 Å². The van der Waals surface area contributed by atoms with E-state index in [1.807, 2.05) is 48.7 Å². The second-order valence-corrected chi connectivity index (χ2v) is 4.80. The van der Waals surface area contributed by atoms with Crippen LogP contribution < -0.4 is 10.3 Å². The molecule has 1 aromatic heterocycles. The highest BCUT2D eigenvalue weighted by molar-refractivity contribution is 5.87. The van der Waals surface area contributed by atoms with Crippen LogP contribution >= 0.6 is 0 Å². The molecule has 0 atom stereocenters. The van der Waals surface area contributed by atoms with Crippen molar-refractivity contribution in [3.05, 3.63) is 60.8 Å². The minimum Gasteiger partial charge on any atom is -0.399 e. The molecular formula is C17H17N4+.